The molecule has 3 nitrogen and oxygen atoms in total. The Hall–Kier alpha value is -0.0600. The van der Waals surface area contributed by atoms with Gasteiger partial charge in [-0.2, -0.15) is 11.8 Å². The number of hydrogen-bond acceptors (Lipinski definition) is 4. The van der Waals surface area contributed by atoms with Gasteiger partial charge in [-0.25, -0.2) is 0 Å². The number of carbonyl (C=O) groups excluding carboxylic acids is 1. The molecule has 0 aromatic carbocycles. The molecule has 0 spiro atoms. The van der Waals surface area contributed by atoms with Crippen LogP contribution in [0.25, 0.3) is 0 Å². The fourth-order valence-corrected chi connectivity index (χ4v) is 2.62. The van der Waals surface area contributed by atoms with Crippen LogP contribution >= 0.6 is 11.8 Å². The highest BCUT2D eigenvalue weighted by Crippen LogP contribution is 2.15. The number of hydrogen-bond donors (Lipinski definition) is 0. The zero-order valence-electron chi connectivity index (χ0n) is 9.16. The monoisotopic (exact) mass is 217 g/mol. The number of Topliss-reactive ketones (excluding diaryl/α,β-unsaturated/α-hetero) is 1. The number of ether oxygens (including phenoxy) is 1. The van der Waals surface area contributed by atoms with Crippen LogP contribution in [-0.2, 0) is 9.53 Å². The maximum absolute atomic E-state index is 11.7. The molecule has 1 aliphatic heterocycles. The van der Waals surface area contributed by atoms with Crippen molar-refractivity contribution in [2.75, 3.05) is 31.7 Å². The quantitative estimate of drug-likeness (QED) is 0.703. The summed E-state index contributed by atoms with van der Waals surface area (Å²) in [5, 5.41) is 0. The van der Waals surface area contributed by atoms with E-state index in [1.165, 1.54) is 0 Å². The van der Waals surface area contributed by atoms with Gasteiger partial charge >= 0.3 is 0 Å². The molecule has 0 aromatic heterocycles. The normalized spacial score (nSPS) is 24.1. The molecule has 0 aliphatic carbocycles. The maximum Gasteiger partial charge on any atom is 0.176 e. The Balaban J connectivity index is 2.34. The van der Waals surface area contributed by atoms with E-state index in [0.29, 0.717) is 0 Å². The molecule has 0 saturated carbocycles. The highest BCUT2D eigenvalue weighted by atomic mass is 32.2. The summed E-state index contributed by atoms with van der Waals surface area (Å²) in [5.41, 5.74) is 0. The third kappa shape index (κ3) is 3.59. The molecule has 1 atom stereocenters. The zero-order valence-corrected chi connectivity index (χ0v) is 9.97. The van der Waals surface area contributed by atoms with Gasteiger partial charge in [0.15, 0.2) is 5.78 Å². The summed E-state index contributed by atoms with van der Waals surface area (Å²) < 4.78 is 5.32. The smallest absolute Gasteiger partial charge is 0.176 e. The van der Waals surface area contributed by atoms with E-state index in [-0.39, 0.29) is 24.5 Å². The molecule has 1 unspecified atom stereocenters. The fourth-order valence-electron chi connectivity index (χ4n) is 1.37. The molecule has 1 aliphatic rings. The summed E-state index contributed by atoms with van der Waals surface area (Å²) in [6.07, 6.45) is 0.139. The van der Waals surface area contributed by atoms with Crippen LogP contribution in [0.1, 0.15) is 13.8 Å². The van der Waals surface area contributed by atoms with E-state index in [4.69, 9.17) is 4.74 Å². The Morgan fingerprint density at radius 1 is 1.64 bits per heavy atom. The lowest BCUT2D eigenvalue weighted by Crippen LogP contribution is -2.46. The number of ketones is 1. The number of likely N-dealkylation sites (N-methyl/N-ethyl adjacent to an activating group) is 1. The van der Waals surface area contributed by atoms with E-state index < -0.39 is 0 Å². The largest absolute Gasteiger partial charge is 0.371 e. The number of thioether (sulfide) groups is 1. The number of carbonyl (C=O) groups is 1. The average Bonchev–Trinajstić information content (AvgIpc) is 2.15. The van der Waals surface area contributed by atoms with Crippen molar-refractivity contribution in [2.45, 2.75) is 26.0 Å². The molecule has 0 bridgehead atoms. The van der Waals surface area contributed by atoms with Gasteiger partial charge in [-0.1, -0.05) is 0 Å². The van der Waals surface area contributed by atoms with Crippen LogP contribution in [0.15, 0.2) is 0 Å². The first-order valence-electron chi connectivity index (χ1n) is 5.03. The molecule has 1 heterocycles. The predicted octanol–water partition coefficient (Wildman–Crippen LogP) is 1.03. The highest BCUT2D eigenvalue weighted by Gasteiger charge is 2.25. The molecular formula is C10H19NO2S. The summed E-state index contributed by atoms with van der Waals surface area (Å²) in [4.78, 5) is 13.9. The minimum absolute atomic E-state index is 0.0625. The average molecular weight is 217 g/mol. The number of nitrogens with zero attached hydrogens (tertiary/aromatic N) is 1. The van der Waals surface area contributed by atoms with Crippen LogP contribution < -0.4 is 0 Å². The molecule has 0 aromatic rings. The Morgan fingerprint density at radius 3 is 2.93 bits per heavy atom. The zero-order chi connectivity index (χ0) is 10.6. The van der Waals surface area contributed by atoms with Crippen molar-refractivity contribution in [3.8, 4) is 0 Å². The van der Waals surface area contributed by atoms with Crippen LogP contribution in [0.4, 0.5) is 0 Å². The summed E-state index contributed by atoms with van der Waals surface area (Å²) in [6.45, 7) is 5.16. The second-order valence-electron chi connectivity index (χ2n) is 3.90. The fraction of sp³-hybridized carbons (Fsp3) is 0.900. The second-order valence-corrected chi connectivity index (χ2v) is 5.05. The Labute approximate surface area is 90.2 Å². The van der Waals surface area contributed by atoms with Crippen molar-refractivity contribution < 1.29 is 9.53 Å². The molecule has 1 saturated heterocycles. The van der Waals surface area contributed by atoms with Crippen molar-refractivity contribution in [3.63, 3.8) is 0 Å². The molecule has 0 radical (unpaired) electrons. The summed E-state index contributed by atoms with van der Waals surface area (Å²) in [7, 11) is 2.01. The first-order valence-corrected chi connectivity index (χ1v) is 6.19. The lowest BCUT2D eigenvalue weighted by molar-refractivity contribution is -0.129. The van der Waals surface area contributed by atoms with Gasteiger partial charge in [0, 0.05) is 18.1 Å². The van der Waals surface area contributed by atoms with Crippen molar-refractivity contribution >= 4 is 17.5 Å². The van der Waals surface area contributed by atoms with Crippen LogP contribution in [0.2, 0.25) is 0 Å². The summed E-state index contributed by atoms with van der Waals surface area (Å²) >= 11 is 1.85. The van der Waals surface area contributed by atoms with Crippen molar-refractivity contribution in [1.29, 1.82) is 0 Å². The van der Waals surface area contributed by atoms with Crippen molar-refractivity contribution in [2.24, 2.45) is 0 Å². The lowest BCUT2D eigenvalue weighted by Gasteiger charge is -2.30. The lowest BCUT2D eigenvalue weighted by atomic mass is 10.2. The van der Waals surface area contributed by atoms with Gasteiger partial charge in [0.25, 0.3) is 0 Å². The van der Waals surface area contributed by atoms with Gasteiger partial charge in [0.05, 0.1) is 12.1 Å². The first-order chi connectivity index (χ1) is 6.61. The van der Waals surface area contributed by atoms with Crippen LogP contribution in [-0.4, -0.2) is 54.5 Å². The third-order valence-corrected chi connectivity index (χ3v) is 3.35. The first kappa shape index (κ1) is 12.0. The van der Waals surface area contributed by atoms with E-state index in [2.05, 4.69) is 4.90 Å². The molecule has 82 valence electrons. The van der Waals surface area contributed by atoms with Gasteiger partial charge in [-0.15, -0.1) is 0 Å². The SMILES string of the molecule is CC(C)OCC(=O)C1CSCCN1C. The highest BCUT2D eigenvalue weighted by molar-refractivity contribution is 7.99. The van der Waals surface area contributed by atoms with Gasteiger partial charge in [-0.3, -0.25) is 9.69 Å². The third-order valence-electron chi connectivity index (χ3n) is 2.33. The van der Waals surface area contributed by atoms with Gasteiger partial charge in [-0.05, 0) is 20.9 Å². The molecule has 4 heteroatoms. The molecule has 0 N–H and O–H groups in total. The van der Waals surface area contributed by atoms with Crippen molar-refractivity contribution in [3.05, 3.63) is 0 Å². The Kier molecular flexibility index (Phi) is 4.92. The van der Waals surface area contributed by atoms with Crippen LogP contribution in [0.3, 0.4) is 0 Å². The van der Waals surface area contributed by atoms with E-state index in [1.807, 2.05) is 32.7 Å². The molecule has 1 fully saturated rings. The van der Waals surface area contributed by atoms with Gasteiger partial charge in [0.1, 0.15) is 6.61 Å². The minimum Gasteiger partial charge on any atom is -0.371 e. The van der Waals surface area contributed by atoms with Gasteiger partial charge in [0.2, 0.25) is 0 Å². The Morgan fingerprint density at radius 2 is 2.36 bits per heavy atom. The Bertz CT molecular complexity index is 197. The molecule has 1 rings (SSSR count). The summed E-state index contributed by atoms with van der Waals surface area (Å²) in [5.74, 6) is 2.26. The number of rotatable bonds is 4. The molecular weight excluding hydrogens is 198 g/mol. The minimum atomic E-state index is 0.0625. The van der Waals surface area contributed by atoms with E-state index in [1.54, 1.807) is 0 Å². The van der Waals surface area contributed by atoms with E-state index >= 15 is 0 Å². The second kappa shape index (κ2) is 5.73. The van der Waals surface area contributed by atoms with Crippen LogP contribution in [0, 0.1) is 0 Å². The topological polar surface area (TPSA) is 29.5 Å². The maximum atomic E-state index is 11.7. The molecule has 14 heavy (non-hydrogen) atoms. The van der Waals surface area contributed by atoms with E-state index in [0.717, 1.165) is 18.1 Å². The van der Waals surface area contributed by atoms with Crippen LogP contribution in [0.5, 0.6) is 0 Å². The molecule has 0 amide bonds. The standard InChI is InChI=1S/C10H19NO2S/c1-8(2)13-6-10(12)9-7-14-5-4-11(9)3/h8-9H,4-7H2,1-3H3. The predicted molar refractivity (Wildman–Crippen MR) is 59.8 cm³/mol. The van der Waals surface area contributed by atoms with Crippen molar-refractivity contribution in [1.82, 2.24) is 4.90 Å². The van der Waals surface area contributed by atoms with Gasteiger partial charge < -0.3 is 4.74 Å². The van der Waals surface area contributed by atoms with E-state index in [9.17, 15) is 4.79 Å². The summed E-state index contributed by atoms with van der Waals surface area (Å²) in [6, 6.07) is 0.0625.